The van der Waals surface area contributed by atoms with Crippen molar-refractivity contribution in [2.75, 3.05) is 64.1 Å². The quantitative estimate of drug-likeness (QED) is 0.185. The number of anilines is 1. The molecule has 47 heavy (non-hydrogen) atoms. The maximum absolute atomic E-state index is 14.3. The van der Waals surface area contributed by atoms with E-state index in [1.165, 1.54) is 5.56 Å². The summed E-state index contributed by atoms with van der Waals surface area (Å²) in [5.74, 6) is 3.01. The summed E-state index contributed by atoms with van der Waals surface area (Å²) >= 11 is 12.8. The summed E-state index contributed by atoms with van der Waals surface area (Å²) in [5, 5.41) is 1.34. The van der Waals surface area contributed by atoms with Crippen molar-refractivity contribution in [2.45, 2.75) is 59.5 Å². The van der Waals surface area contributed by atoms with Gasteiger partial charge in [0.2, 0.25) is 5.91 Å². The predicted molar refractivity (Wildman–Crippen MR) is 189 cm³/mol. The average molecular weight is 685 g/mol. The van der Waals surface area contributed by atoms with Gasteiger partial charge in [0.05, 0.1) is 49.7 Å². The smallest absolute Gasteiger partial charge is 0.237 e. The van der Waals surface area contributed by atoms with E-state index in [1.807, 2.05) is 52.0 Å². The Balaban J connectivity index is 1.42. The fourth-order valence-electron chi connectivity index (χ4n) is 6.65. The molecule has 0 radical (unpaired) electrons. The number of carbonyl (C=O) groups excluding carboxylic acids is 1. The van der Waals surface area contributed by atoms with Gasteiger partial charge in [-0.05, 0) is 107 Å². The van der Waals surface area contributed by atoms with Gasteiger partial charge in [-0.2, -0.15) is 0 Å². The van der Waals surface area contributed by atoms with E-state index in [4.69, 9.17) is 42.1 Å². The fourth-order valence-corrected chi connectivity index (χ4v) is 7.06. The van der Waals surface area contributed by atoms with Gasteiger partial charge >= 0.3 is 0 Å². The minimum Gasteiger partial charge on any atom is -0.490 e. The zero-order chi connectivity index (χ0) is 33.5. The van der Waals surface area contributed by atoms with Crippen LogP contribution in [0.15, 0.2) is 48.5 Å². The first kappa shape index (κ1) is 35.0. The highest BCUT2D eigenvalue weighted by Crippen LogP contribution is 2.41. The molecular formula is C37H47Cl2N3O5. The van der Waals surface area contributed by atoms with E-state index < -0.39 is 0 Å². The second-order valence-corrected chi connectivity index (χ2v) is 12.8. The lowest BCUT2D eigenvalue weighted by atomic mass is 9.88. The van der Waals surface area contributed by atoms with E-state index in [9.17, 15) is 4.79 Å². The first-order chi connectivity index (χ1) is 22.8. The van der Waals surface area contributed by atoms with Gasteiger partial charge in [0.25, 0.3) is 0 Å². The van der Waals surface area contributed by atoms with Crippen LogP contribution in [0.4, 0.5) is 5.69 Å². The highest BCUT2D eigenvalue weighted by molar-refractivity contribution is 6.35. The molecule has 0 bridgehead atoms. The second kappa shape index (κ2) is 16.2. The van der Waals surface area contributed by atoms with Gasteiger partial charge in [0.1, 0.15) is 0 Å². The third-order valence-electron chi connectivity index (χ3n) is 8.87. The lowest BCUT2D eigenvalue weighted by Gasteiger charge is -2.43. The molecule has 3 aromatic carbocycles. The number of piperazine rings is 1. The zero-order valence-electron chi connectivity index (χ0n) is 28.2. The molecule has 1 saturated heterocycles. The topological polar surface area (TPSA) is 63.7 Å². The number of carbonyl (C=O) groups is 1. The monoisotopic (exact) mass is 683 g/mol. The number of halogens is 2. The normalized spacial score (nSPS) is 18.1. The summed E-state index contributed by atoms with van der Waals surface area (Å²) in [6.45, 7) is 15.4. The summed E-state index contributed by atoms with van der Waals surface area (Å²) in [5.41, 5.74) is 4.28. The summed E-state index contributed by atoms with van der Waals surface area (Å²) in [4.78, 5) is 20.9. The first-order valence-corrected chi connectivity index (χ1v) is 17.6. The minimum atomic E-state index is -0.185. The third-order valence-corrected chi connectivity index (χ3v) is 9.43. The molecule has 2 aliphatic heterocycles. The van der Waals surface area contributed by atoms with Crippen molar-refractivity contribution in [2.24, 2.45) is 0 Å². The van der Waals surface area contributed by atoms with Crippen molar-refractivity contribution >= 4 is 34.8 Å². The zero-order valence-corrected chi connectivity index (χ0v) is 29.7. The van der Waals surface area contributed by atoms with Crippen LogP contribution in [0, 0.1) is 0 Å². The lowest BCUT2D eigenvalue weighted by molar-refractivity contribution is -0.136. The first-order valence-electron chi connectivity index (χ1n) is 16.8. The molecule has 0 saturated carbocycles. The molecule has 254 valence electrons. The second-order valence-electron chi connectivity index (χ2n) is 11.9. The molecule has 2 aliphatic rings. The van der Waals surface area contributed by atoms with E-state index in [1.54, 1.807) is 6.07 Å². The molecule has 2 unspecified atom stereocenters. The molecule has 1 amide bonds. The van der Waals surface area contributed by atoms with Gasteiger partial charge in [0.15, 0.2) is 23.0 Å². The Labute approximate surface area is 289 Å². The molecule has 2 atom stereocenters. The highest BCUT2D eigenvalue weighted by Gasteiger charge is 2.35. The van der Waals surface area contributed by atoms with Gasteiger partial charge in [-0.15, -0.1) is 0 Å². The Hall–Kier alpha value is -3.33. The Kier molecular flexibility index (Phi) is 12.0. The largest absolute Gasteiger partial charge is 0.490 e. The Bertz CT molecular complexity index is 1540. The van der Waals surface area contributed by atoms with Crippen molar-refractivity contribution < 1.29 is 23.7 Å². The molecule has 3 aromatic rings. The maximum atomic E-state index is 14.3. The van der Waals surface area contributed by atoms with Crippen molar-refractivity contribution in [3.05, 3.63) is 75.3 Å². The number of hydrogen-bond acceptors (Lipinski definition) is 7. The SMILES string of the molecule is CCOc1ccc(CC2c3cc(OCC)c(OCC)cc3CCN2C(=O)CN2CCN(c3cc(Cl)ccc3Cl)CC2C)cc1OCC. The molecule has 2 heterocycles. The van der Waals surface area contributed by atoms with Crippen molar-refractivity contribution in [3.63, 3.8) is 0 Å². The van der Waals surface area contributed by atoms with E-state index in [-0.39, 0.29) is 18.0 Å². The molecule has 0 N–H and O–H groups in total. The number of nitrogens with zero attached hydrogens (tertiary/aromatic N) is 3. The summed E-state index contributed by atoms with van der Waals surface area (Å²) in [6, 6.07) is 15.8. The molecule has 8 nitrogen and oxygen atoms in total. The Morgan fingerprint density at radius 3 is 2.13 bits per heavy atom. The van der Waals surface area contributed by atoms with E-state index in [0.29, 0.717) is 67.5 Å². The van der Waals surface area contributed by atoms with Crippen LogP contribution in [0.25, 0.3) is 0 Å². The number of benzene rings is 3. The number of rotatable bonds is 13. The molecule has 0 aliphatic carbocycles. The van der Waals surface area contributed by atoms with Gasteiger partial charge in [-0.3, -0.25) is 9.69 Å². The van der Waals surface area contributed by atoms with Crippen molar-refractivity contribution in [1.82, 2.24) is 9.80 Å². The van der Waals surface area contributed by atoms with Crippen LogP contribution in [-0.4, -0.2) is 80.9 Å². The van der Waals surface area contributed by atoms with E-state index >= 15 is 0 Å². The van der Waals surface area contributed by atoms with Crippen LogP contribution >= 0.6 is 23.2 Å². The van der Waals surface area contributed by atoms with Crippen LogP contribution in [0.1, 0.15) is 57.4 Å². The van der Waals surface area contributed by atoms with Crippen molar-refractivity contribution in [1.29, 1.82) is 0 Å². The number of amides is 1. The highest BCUT2D eigenvalue weighted by atomic mass is 35.5. The number of ether oxygens (including phenoxy) is 4. The van der Waals surface area contributed by atoms with Crippen LogP contribution in [0.2, 0.25) is 10.0 Å². The van der Waals surface area contributed by atoms with Crippen LogP contribution in [0.3, 0.4) is 0 Å². The molecule has 1 fully saturated rings. The molecule has 0 spiro atoms. The van der Waals surface area contributed by atoms with Gasteiger partial charge in [-0.25, -0.2) is 0 Å². The van der Waals surface area contributed by atoms with Crippen LogP contribution in [-0.2, 0) is 17.6 Å². The van der Waals surface area contributed by atoms with Gasteiger partial charge in [0, 0.05) is 37.2 Å². The minimum absolute atomic E-state index is 0.115. The molecule has 10 heteroatoms. The number of hydrogen-bond donors (Lipinski definition) is 0. The van der Waals surface area contributed by atoms with Crippen molar-refractivity contribution in [3.8, 4) is 23.0 Å². The summed E-state index contributed by atoms with van der Waals surface area (Å²) < 4.78 is 23.8. The number of fused-ring (bicyclic) bond motifs is 1. The van der Waals surface area contributed by atoms with Gasteiger partial charge in [-0.1, -0.05) is 29.3 Å². The molecular weight excluding hydrogens is 637 g/mol. The predicted octanol–water partition coefficient (Wildman–Crippen LogP) is 7.47. The standard InChI is InChI=1S/C37H47Cl2N3O5/c1-6-44-33-13-10-26(19-34(33)45-7-2)18-31-29-22-36(47-9-4)35(46-8-3)20-27(29)14-15-42(31)37(43)24-40-16-17-41(23-25(40)5)32-21-28(38)11-12-30(32)39/h10-13,19-22,25,31H,6-9,14-18,23-24H2,1-5H3. The average Bonchev–Trinajstić information content (AvgIpc) is 3.05. The third kappa shape index (κ3) is 8.22. The van der Waals surface area contributed by atoms with Crippen LogP contribution < -0.4 is 23.8 Å². The maximum Gasteiger partial charge on any atom is 0.237 e. The molecule has 5 rings (SSSR count). The lowest BCUT2D eigenvalue weighted by Crippen LogP contribution is -2.55. The van der Waals surface area contributed by atoms with Gasteiger partial charge < -0.3 is 28.7 Å². The van der Waals surface area contributed by atoms with E-state index in [0.717, 1.165) is 54.4 Å². The summed E-state index contributed by atoms with van der Waals surface area (Å²) in [6.07, 6.45) is 1.37. The Morgan fingerprint density at radius 2 is 1.45 bits per heavy atom. The van der Waals surface area contributed by atoms with Crippen LogP contribution in [0.5, 0.6) is 23.0 Å². The fraction of sp³-hybridized carbons (Fsp3) is 0.486. The Morgan fingerprint density at radius 1 is 0.787 bits per heavy atom. The van der Waals surface area contributed by atoms with E-state index in [2.05, 4.69) is 39.8 Å². The molecule has 0 aromatic heterocycles. The summed E-state index contributed by atoms with van der Waals surface area (Å²) in [7, 11) is 0.